The van der Waals surface area contributed by atoms with Crippen LogP contribution in [0.25, 0.3) is 0 Å². The lowest BCUT2D eigenvalue weighted by Crippen LogP contribution is -2.37. The number of benzene rings is 1. The van der Waals surface area contributed by atoms with Crippen molar-refractivity contribution in [1.29, 1.82) is 0 Å². The molecular weight excluding hydrogens is 330 g/mol. The fraction of sp³-hybridized carbons (Fsp3) is 0.214. The quantitative estimate of drug-likeness (QED) is 0.908. The molecule has 7 heteroatoms. The van der Waals surface area contributed by atoms with Gasteiger partial charge < -0.3 is 5.32 Å². The number of nitrogens with one attached hydrogen (secondary N) is 1. The Morgan fingerprint density at radius 1 is 1.33 bits per heavy atom. The average Bonchev–Trinajstić information content (AvgIpc) is 2.97. The van der Waals surface area contributed by atoms with E-state index in [-0.39, 0.29) is 4.90 Å². The highest BCUT2D eigenvalue weighted by Gasteiger charge is 2.29. The molecule has 0 aliphatic heterocycles. The maximum absolute atomic E-state index is 12.4. The number of thiophene rings is 1. The summed E-state index contributed by atoms with van der Waals surface area (Å²) in [5.74, 6) is -0.525. The van der Waals surface area contributed by atoms with Gasteiger partial charge >= 0.3 is 0 Å². The smallest absolute Gasteiger partial charge is 0.238 e. The third kappa shape index (κ3) is 3.84. The number of sulfone groups is 1. The van der Waals surface area contributed by atoms with Gasteiger partial charge in [-0.3, -0.25) is 4.79 Å². The summed E-state index contributed by atoms with van der Waals surface area (Å²) < 4.78 is 24.7. The minimum absolute atomic E-state index is 0.0498. The van der Waals surface area contributed by atoms with E-state index in [1.54, 1.807) is 12.1 Å². The molecule has 0 aliphatic carbocycles. The molecule has 1 aromatic carbocycles. The van der Waals surface area contributed by atoms with Crippen molar-refractivity contribution in [1.82, 2.24) is 5.32 Å². The summed E-state index contributed by atoms with van der Waals surface area (Å²) in [4.78, 5) is 13.0. The van der Waals surface area contributed by atoms with Crippen LogP contribution in [0.4, 0.5) is 0 Å². The molecule has 0 fully saturated rings. The Labute approximate surface area is 132 Å². The number of hydrogen-bond acceptors (Lipinski definition) is 4. The van der Waals surface area contributed by atoms with Gasteiger partial charge in [0.1, 0.15) is 5.25 Å². The van der Waals surface area contributed by atoms with E-state index in [1.165, 1.54) is 30.4 Å². The van der Waals surface area contributed by atoms with Gasteiger partial charge in [0.05, 0.1) is 11.4 Å². The highest BCUT2D eigenvalue weighted by atomic mass is 35.5. The van der Waals surface area contributed by atoms with E-state index in [1.807, 2.05) is 17.5 Å². The summed E-state index contributed by atoms with van der Waals surface area (Å²) in [6, 6.07) is 9.66. The van der Waals surface area contributed by atoms with Crippen LogP contribution in [0.15, 0.2) is 46.7 Å². The van der Waals surface area contributed by atoms with E-state index in [2.05, 4.69) is 5.32 Å². The summed E-state index contributed by atoms with van der Waals surface area (Å²) in [6.07, 6.45) is 0. The van der Waals surface area contributed by atoms with Crippen molar-refractivity contribution in [2.24, 2.45) is 0 Å². The fourth-order valence-corrected chi connectivity index (χ4v) is 3.95. The van der Waals surface area contributed by atoms with Crippen LogP contribution in [0, 0.1) is 0 Å². The highest BCUT2D eigenvalue weighted by molar-refractivity contribution is 7.92. The summed E-state index contributed by atoms with van der Waals surface area (Å²) in [6.45, 7) is 1.70. The Hall–Kier alpha value is -1.37. The molecule has 0 aliphatic rings. The SMILES string of the molecule is C[C@@H](C(=O)NCc1cccs1)S(=O)(=O)c1cccc(Cl)c1. The molecule has 1 heterocycles. The molecule has 1 aromatic heterocycles. The lowest BCUT2D eigenvalue weighted by atomic mass is 10.4. The summed E-state index contributed by atoms with van der Waals surface area (Å²) in [5.41, 5.74) is 0. The third-order valence-electron chi connectivity index (χ3n) is 2.98. The van der Waals surface area contributed by atoms with Crippen LogP contribution >= 0.6 is 22.9 Å². The molecule has 0 saturated heterocycles. The second kappa shape index (κ2) is 6.60. The van der Waals surface area contributed by atoms with Gasteiger partial charge in [0.15, 0.2) is 9.84 Å². The first kappa shape index (κ1) is 16.0. The van der Waals surface area contributed by atoms with Crippen molar-refractivity contribution in [2.75, 3.05) is 0 Å². The largest absolute Gasteiger partial charge is 0.350 e. The Morgan fingerprint density at radius 3 is 2.71 bits per heavy atom. The molecule has 1 atom stereocenters. The summed E-state index contributed by atoms with van der Waals surface area (Å²) in [7, 11) is -3.74. The normalized spacial score (nSPS) is 12.9. The van der Waals surface area contributed by atoms with Gasteiger partial charge in [-0.25, -0.2) is 8.42 Å². The average molecular weight is 344 g/mol. The number of carbonyl (C=O) groups excluding carboxylic acids is 1. The van der Waals surface area contributed by atoms with E-state index < -0.39 is 21.0 Å². The highest BCUT2D eigenvalue weighted by Crippen LogP contribution is 2.20. The fourth-order valence-electron chi connectivity index (χ4n) is 1.72. The van der Waals surface area contributed by atoms with Gasteiger partial charge in [-0.1, -0.05) is 23.7 Å². The first-order valence-corrected chi connectivity index (χ1v) is 9.01. The Morgan fingerprint density at radius 2 is 2.10 bits per heavy atom. The summed E-state index contributed by atoms with van der Waals surface area (Å²) >= 11 is 7.30. The van der Waals surface area contributed by atoms with Crippen LogP contribution < -0.4 is 5.32 Å². The maximum atomic E-state index is 12.4. The molecule has 112 valence electrons. The van der Waals surface area contributed by atoms with Crippen LogP contribution in [0.3, 0.4) is 0 Å². The van der Waals surface area contributed by atoms with Gasteiger partial charge in [-0.2, -0.15) is 0 Å². The topological polar surface area (TPSA) is 63.2 Å². The molecule has 0 unspecified atom stereocenters. The lowest BCUT2D eigenvalue weighted by molar-refractivity contribution is -0.120. The van der Waals surface area contributed by atoms with E-state index >= 15 is 0 Å². The molecule has 2 aromatic rings. The Kier molecular flexibility index (Phi) is 5.03. The van der Waals surface area contributed by atoms with Gasteiger partial charge in [0.25, 0.3) is 0 Å². The zero-order valence-electron chi connectivity index (χ0n) is 11.2. The zero-order valence-corrected chi connectivity index (χ0v) is 13.6. The van der Waals surface area contributed by atoms with Crippen molar-refractivity contribution in [2.45, 2.75) is 23.6 Å². The summed E-state index contributed by atoms with van der Waals surface area (Å²) in [5, 5.41) is 3.68. The standard InChI is InChI=1S/C14H14ClNO3S2/c1-10(14(17)16-9-12-5-3-7-20-12)21(18,19)13-6-2-4-11(15)8-13/h2-8,10H,9H2,1H3,(H,16,17)/t10-/m0/s1. The van der Waals surface area contributed by atoms with Crippen molar-refractivity contribution in [3.63, 3.8) is 0 Å². The van der Waals surface area contributed by atoms with Gasteiger partial charge in [0, 0.05) is 9.90 Å². The predicted octanol–water partition coefficient (Wildman–Crippen LogP) is 2.88. The van der Waals surface area contributed by atoms with Crippen molar-refractivity contribution in [3.8, 4) is 0 Å². The minimum Gasteiger partial charge on any atom is -0.350 e. The second-order valence-electron chi connectivity index (χ2n) is 4.44. The predicted molar refractivity (Wildman–Crippen MR) is 84.3 cm³/mol. The third-order valence-corrected chi connectivity index (χ3v) is 6.14. The first-order valence-electron chi connectivity index (χ1n) is 6.21. The number of rotatable bonds is 5. The Balaban J connectivity index is 2.10. The zero-order chi connectivity index (χ0) is 15.5. The van der Waals surface area contributed by atoms with Gasteiger partial charge in [0.2, 0.25) is 5.91 Å². The van der Waals surface area contributed by atoms with Crippen LogP contribution in [-0.2, 0) is 21.2 Å². The van der Waals surface area contributed by atoms with Crippen LogP contribution in [0.1, 0.15) is 11.8 Å². The van der Waals surface area contributed by atoms with Crippen molar-refractivity contribution < 1.29 is 13.2 Å². The Bertz CT molecular complexity index is 726. The van der Waals surface area contributed by atoms with E-state index in [9.17, 15) is 13.2 Å². The number of amides is 1. The van der Waals surface area contributed by atoms with Crippen LogP contribution in [-0.4, -0.2) is 19.6 Å². The number of carbonyl (C=O) groups is 1. The van der Waals surface area contributed by atoms with Crippen LogP contribution in [0.2, 0.25) is 5.02 Å². The molecule has 0 radical (unpaired) electrons. The molecule has 1 N–H and O–H groups in total. The molecule has 0 bridgehead atoms. The minimum atomic E-state index is -3.74. The lowest BCUT2D eigenvalue weighted by Gasteiger charge is -2.13. The van der Waals surface area contributed by atoms with Gasteiger partial charge in [-0.05, 0) is 36.6 Å². The van der Waals surface area contributed by atoms with E-state index in [4.69, 9.17) is 11.6 Å². The van der Waals surface area contributed by atoms with Crippen molar-refractivity contribution in [3.05, 3.63) is 51.7 Å². The van der Waals surface area contributed by atoms with Crippen molar-refractivity contribution >= 4 is 38.7 Å². The molecule has 1 amide bonds. The van der Waals surface area contributed by atoms with Crippen LogP contribution in [0.5, 0.6) is 0 Å². The van der Waals surface area contributed by atoms with E-state index in [0.717, 1.165) is 4.88 Å². The molecule has 0 spiro atoms. The second-order valence-corrected chi connectivity index (χ2v) is 8.18. The molecule has 0 saturated carbocycles. The number of halogens is 1. The molecule has 21 heavy (non-hydrogen) atoms. The number of hydrogen-bond donors (Lipinski definition) is 1. The molecule has 4 nitrogen and oxygen atoms in total. The first-order chi connectivity index (χ1) is 9.91. The van der Waals surface area contributed by atoms with E-state index in [0.29, 0.717) is 11.6 Å². The van der Waals surface area contributed by atoms with Gasteiger partial charge in [-0.15, -0.1) is 11.3 Å². The molecule has 2 rings (SSSR count). The molecular formula is C14H14ClNO3S2. The maximum Gasteiger partial charge on any atom is 0.238 e. The monoisotopic (exact) mass is 343 g/mol.